The van der Waals surface area contributed by atoms with Crippen LogP contribution in [0.25, 0.3) is 0 Å². The van der Waals surface area contributed by atoms with Gasteiger partial charge in [-0.2, -0.15) is 0 Å². The molecule has 1 saturated heterocycles. The highest BCUT2D eigenvalue weighted by Crippen LogP contribution is 2.41. The minimum absolute atomic E-state index is 0.178. The highest BCUT2D eigenvalue weighted by atomic mass is 32.2. The third kappa shape index (κ3) is 1.82. The van der Waals surface area contributed by atoms with Crippen molar-refractivity contribution in [3.8, 4) is 0 Å². The van der Waals surface area contributed by atoms with E-state index in [0.717, 1.165) is 25.7 Å². The van der Waals surface area contributed by atoms with Gasteiger partial charge >= 0.3 is 0 Å². The smallest absolute Gasteiger partial charge is 0.150 e. The van der Waals surface area contributed by atoms with Crippen LogP contribution >= 0.6 is 0 Å². The van der Waals surface area contributed by atoms with Crippen LogP contribution < -0.4 is 5.73 Å². The molecule has 2 aliphatic rings. The monoisotopic (exact) mass is 217 g/mol. The lowest BCUT2D eigenvalue weighted by molar-refractivity contribution is 0.294. The van der Waals surface area contributed by atoms with Crippen LogP contribution in [0.4, 0.5) is 0 Å². The molecular weight excluding hydrogens is 198 g/mol. The fourth-order valence-electron chi connectivity index (χ4n) is 2.99. The van der Waals surface area contributed by atoms with Gasteiger partial charge in [-0.3, -0.25) is 0 Å². The molecule has 2 fully saturated rings. The zero-order valence-corrected chi connectivity index (χ0v) is 9.52. The molecule has 3 atom stereocenters. The van der Waals surface area contributed by atoms with E-state index >= 15 is 0 Å². The molecule has 2 N–H and O–H groups in total. The van der Waals surface area contributed by atoms with Crippen molar-refractivity contribution in [2.24, 2.45) is 17.6 Å². The second-order valence-electron chi connectivity index (χ2n) is 5.18. The highest BCUT2D eigenvalue weighted by molar-refractivity contribution is 7.91. The molecule has 2 rings (SSSR count). The van der Waals surface area contributed by atoms with Gasteiger partial charge in [0.1, 0.15) is 0 Å². The number of hydrogen-bond acceptors (Lipinski definition) is 3. The first-order valence-corrected chi connectivity index (χ1v) is 7.23. The molecule has 0 radical (unpaired) electrons. The van der Waals surface area contributed by atoms with E-state index in [2.05, 4.69) is 6.92 Å². The zero-order chi connectivity index (χ0) is 10.4. The fraction of sp³-hybridized carbons (Fsp3) is 1.00. The molecule has 4 heteroatoms. The molecule has 0 bridgehead atoms. The summed E-state index contributed by atoms with van der Waals surface area (Å²) < 4.78 is 22.7. The average molecular weight is 217 g/mol. The maximum Gasteiger partial charge on any atom is 0.150 e. The van der Waals surface area contributed by atoms with Gasteiger partial charge in [0.2, 0.25) is 0 Å². The van der Waals surface area contributed by atoms with Gasteiger partial charge in [-0.25, -0.2) is 8.42 Å². The van der Waals surface area contributed by atoms with Gasteiger partial charge < -0.3 is 5.73 Å². The summed E-state index contributed by atoms with van der Waals surface area (Å²) in [5, 5.41) is 0. The van der Waals surface area contributed by atoms with E-state index in [1.165, 1.54) is 0 Å². The fourth-order valence-corrected chi connectivity index (χ4v) is 4.91. The first kappa shape index (κ1) is 10.4. The van der Waals surface area contributed by atoms with Crippen molar-refractivity contribution >= 4 is 9.84 Å². The zero-order valence-electron chi connectivity index (χ0n) is 8.70. The van der Waals surface area contributed by atoms with Crippen LogP contribution in [0.15, 0.2) is 0 Å². The Balaban J connectivity index is 2.10. The Kier molecular flexibility index (Phi) is 2.39. The topological polar surface area (TPSA) is 60.2 Å². The van der Waals surface area contributed by atoms with Crippen molar-refractivity contribution in [1.82, 2.24) is 0 Å². The third-order valence-electron chi connectivity index (χ3n) is 3.88. The van der Waals surface area contributed by atoms with E-state index in [1.807, 2.05) is 0 Å². The molecule has 82 valence electrons. The minimum atomic E-state index is -2.77. The molecule has 3 unspecified atom stereocenters. The van der Waals surface area contributed by atoms with Crippen LogP contribution in [0.2, 0.25) is 0 Å². The van der Waals surface area contributed by atoms with Crippen molar-refractivity contribution in [2.45, 2.75) is 38.1 Å². The van der Waals surface area contributed by atoms with Gasteiger partial charge in [-0.15, -0.1) is 0 Å². The summed E-state index contributed by atoms with van der Waals surface area (Å²) in [6, 6.07) is 0. The van der Waals surface area contributed by atoms with Gasteiger partial charge in [0.15, 0.2) is 9.84 Å². The van der Waals surface area contributed by atoms with Gasteiger partial charge in [0.05, 0.1) is 11.5 Å². The van der Waals surface area contributed by atoms with Crippen LogP contribution in [0.5, 0.6) is 0 Å². The quantitative estimate of drug-likeness (QED) is 0.711. The lowest BCUT2D eigenvalue weighted by Gasteiger charge is -2.30. The SMILES string of the molecule is CC1CCC(N)(C2CCS(=O)(=O)C2)C1. The average Bonchev–Trinajstić information content (AvgIpc) is 2.57. The Hall–Kier alpha value is -0.0900. The summed E-state index contributed by atoms with van der Waals surface area (Å²) >= 11 is 0. The van der Waals surface area contributed by atoms with E-state index < -0.39 is 9.84 Å². The Morgan fingerprint density at radius 2 is 2.07 bits per heavy atom. The van der Waals surface area contributed by atoms with E-state index in [9.17, 15) is 8.42 Å². The summed E-state index contributed by atoms with van der Waals surface area (Å²) in [5.41, 5.74) is 6.13. The van der Waals surface area contributed by atoms with E-state index in [4.69, 9.17) is 5.73 Å². The predicted molar refractivity (Wildman–Crippen MR) is 56.7 cm³/mol. The summed E-state index contributed by atoms with van der Waals surface area (Å²) in [6.07, 6.45) is 3.96. The maximum atomic E-state index is 11.4. The molecule has 0 aromatic carbocycles. The number of sulfone groups is 1. The Morgan fingerprint density at radius 3 is 2.50 bits per heavy atom. The first-order valence-electron chi connectivity index (χ1n) is 5.41. The molecule has 1 heterocycles. The van der Waals surface area contributed by atoms with Crippen molar-refractivity contribution in [3.05, 3.63) is 0 Å². The number of nitrogens with two attached hydrogens (primary N) is 1. The molecule has 0 amide bonds. The summed E-state index contributed by atoms with van der Waals surface area (Å²) in [5.74, 6) is 1.57. The Labute approximate surface area is 86.0 Å². The standard InChI is InChI=1S/C10H19NO2S/c1-8-2-4-10(11,6-8)9-3-5-14(12,13)7-9/h8-9H,2-7,11H2,1H3. The van der Waals surface area contributed by atoms with E-state index in [0.29, 0.717) is 17.4 Å². The molecule has 0 spiro atoms. The second kappa shape index (κ2) is 3.20. The predicted octanol–water partition coefficient (Wildman–Crippen LogP) is 0.939. The Morgan fingerprint density at radius 1 is 1.36 bits per heavy atom. The molecule has 1 aliphatic heterocycles. The molecular formula is C10H19NO2S. The summed E-state index contributed by atoms with van der Waals surface area (Å²) in [7, 11) is -2.77. The largest absolute Gasteiger partial charge is 0.325 e. The normalized spacial score (nSPS) is 47.0. The number of rotatable bonds is 1. The molecule has 1 saturated carbocycles. The van der Waals surface area contributed by atoms with Crippen LogP contribution in [0.3, 0.4) is 0 Å². The van der Waals surface area contributed by atoms with Crippen molar-refractivity contribution in [1.29, 1.82) is 0 Å². The molecule has 0 aromatic rings. The van der Waals surface area contributed by atoms with Crippen LogP contribution in [-0.4, -0.2) is 25.5 Å². The molecule has 1 aliphatic carbocycles. The highest BCUT2D eigenvalue weighted by Gasteiger charge is 2.45. The minimum Gasteiger partial charge on any atom is -0.325 e. The summed E-state index contributed by atoms with van der Waals surface area (Å²) in [6.45, 7) is 2.21. The lowest BCUT2D eigenvalue weighted by Crippen LogP contribution is -2.45. The van der Waals surface area contributed by atoms with Crippen LogP contribution in [-0.2, 0) is 9.84 Å². The van der Waals surface area contributed by atoms with Crippen molar-refractivity contribution in [2.75, 3.05) is 11.5 Å². The summed E-state index contributed by atoms with van der Waals surface area (Å²) in [4.78, 5) is 0. The van der Waals surface area contributed by atoms with Gasteiger partial charge in [-0.1, -0.05) is 6.92 Å². The third-order valence-corrected chi connectivity index (χ3v) is 5.64. The first-order chi connectivity index (χ1) is 6.41. The molecule has 14 heavy (non-hydrogen) atoms. The Bertz CT molecular complexity index is 325. The lowest BCUT2D eigenvalue weighted by atomic mass is 9.82. The maximum absolute atomic E-state index is 11.4. The van der Waals surface area contributed by atoms with Gasteiger partial charge in [-0.05, 0) is 37.5 Å². The van der Waals surface area contributed by atoms with Crippen molar-refractivity contribution < 1.29 is 8.42 Å². The second-order valence-corrected chi connectivity index (χ2v) is 7.41. The van der Waals surface area contributed by atoms with Gasteiger partial charge in [0.25, 0.3) is 0 Å². The molecule has 3 nitrogen and oxygen atoms in total. The van der Waals surface area contributed by atoms with E-state index in [-0.39, 0.29) is 11.5 Å². The number of hydrogen-bond donors (Lipinski definition) is 1. The van der Waals surface area contributed by atoms with Crippen molar-refractivity contribution in [3.63, 3.8) is 0 Å². The van der Waals surface area contributed by atoms with Crippen LogP contribution in [0, 0.1) is 11.8 Å². The van der Waals surface area contributed by atoms with Gasteiger partial charge in [0, 0.05) is 5.54 Å². The van der Waals surface area contributed by atoms with Crippen LogP contribution in [0.1, 0.15) is 32.6 Å². The van der Waals surface area contributed by atoms with E-state index in [1.54, 1.807) is 0 Å². The molecule has 0 aromatic heterocycles.